The Hall–Kier alpha value is -3.44. The van der Waals surface area contributed by atoms with Crippen molar-refractivity contribution in [3.05, 3.63) is 60.9 Å². The van der Waals surface area contributed by atoms with Gasteiger partial charge in [0.1, 0.15) is 12.1 Å². The second-order valence-electron chi connectivity index (χ2n) is 11.0. The molecule has 3 aromatic heterocycles. The smallest absolute Gasteiger partial charge is 0.433 e. The van der Waals surface area contributed by atoms with Gasteiger partial charge in [-0.05, 0) is 37.2 Å². The Labute approximate surface area is 227 Å². The molecule has 3 heterocycles. The standard InChI is InChI=1S/C28H34F3N5O2Si/c1-18(38-39(6,7)27(2,3)4)16-36-26(28(29,30)31)21(15-35-36)25-24(22-12-13-32-17-34-22)20(14-33-25)19-10-8-9-11-23(19)37-5/h8-15,17-18,33H,16H2,1-7H3/t18-/m1/s1. The molecule has 0 spiro atoms. The Morgan fingerprint density at radius 1 is 1.05 bits per heavy atom. The summed E-state index contributed by atoms with van der Waals surface area (Å²) in [6.45, 7) is 12.2. The first-order valence-electron chi connectivity index (χ1n) is 12.7. The van der Waals surface area contributed by atoms with Gasteiger partial charge in [0.2, 0.25) is 0 Å². The zero-order chi connectivity index (χ0) is 28.6. The number of hydrogen-bond donors (Lipinski definition) is 1. The van der Waals surface area contributed by atoms with E-state index >= 15 is 0 Å². The summed E-state index contributed by atoms with van der Waals surface area (Å²) >= 11 is 0. The summed E-state index contributed by atoms with van der Waals surface area (Å²) in [5, 5.41) is 4.12. The maximum atomic E-state index is 14.6. The van der Waals surface area contributed by atoms with Crippen LogP contribution >= 0.6 is 0 Å². The normalized spacial score (nSPS) is 13.5. The lowest BCUT2D eigenvalue weighted by Gasteiger charge is -2.38. The predicted octanol–water partition coefficient (Wildman–Crippen LogP) is 7.44. The van der Waals surface area contributed by atoms with Gasteiger partial charge in [0.15, 0.2) is 14.0 Å². The van der Waals surface area contributed by atoms with Crippen molar-refractivity contribution in [2.24, 2.45) is 0 Å². The van der Waals surface area contributed by atoms with E-state index in [2.05, 4.69) is 53.9 Å². The fraction of sp³-hybridized carbons (Fsp3) is 0.393. The molecule has 39 heavy (non-hydrogen) atoms. The quantitative estimate of drug-likeness (QED) is 0.228. The maximum absolute atomic E-state index is 14.6. The van der Waals surface area contributed by atoms with Gasteiger partial charge in [-0.3, -0.25) is 4.68 Å². The lowest BCUT2D eigenvalue weighted by Crippen LogP contribution is -2.44. The average Bonchev–Trinajstić information content (AvgIpc) is 3.47. The Kier molecular flexibility index (Phi) is 7.77. The van der Waals surface area contributed by atoms with E-state index in [1.165, 1.54) is 12.5 Å². The number of ether oxygens (including phenoxy) is 1. The van der Waals surface area contributed by atoms with Gasteiger partial charge in [-0.2, -0.15) is 18.3 Å². The maximum Gasteiger partial charge on any atom is 0.433 e. The molecule has 0 aliphatic carbocycles. The van der Waals surface area contributed by atoms with Crippen LogP contribution in [0.25, 0.3) is 33.6 Å². The Morgan fingerprint density at radius 2 is 1.77 bits per heavy atom. The van der Waals surface area contributed by atoms with Crippen LogP contribution in [0.4, 0.5) is 13.2 Å². The molecule has 1 N–H and O–H groups in total. The van der Waals surface area contributed by atoms with Crippen LogP contribution in [0.1, 0.15) is 33.4 Å². The minimum atomic E-state index is -4.67. The minimum Gasteiger partial charge on any atom is -0.496 e. The third kappa shape index (κ3) is 5.79. The molecule has 0 amide bonds. The van der Waals surface area contributed by atoms with E-state index in [9.17, 15) is 13.2 Å². The number of hydrogen-bond acceptors (Lipinski definition) is 5. The van der Waals surface area contributed by atoms with Crippen LogP contribution in [-0.4, -0.2) is 46.3 Å². The van der Waals surface area contributed by atoms with Crippen molar-refractivity contribution in [2.45, 2.75) is 64.7 Å². The van der Waals surface area contributed by atoms with Gasteiger partial charge in [-0.1, -0.05) is 39.0 Å². The Balaban J connectivity index is 1.85. The van der Waals surface area contributed by atoms with Crippen LogP contribution in [0.3, 0.4) is 0 Å². The molecule has 11 heteroatoms. The Bertz CT molecular complexity index is 1430. The van der Waals surface area contributed by atoms with Gasteiger partial charge < -0.3 is 14.1 Å². The second-order valence-corrected chi connectivity index (χ2v) is 15.8. The third-order valence-corrected chi connectivity index (χ3v) is 11.8. The highest BCUT2D eigenvalue weighted by atomic mass is 28.4. The van der Waals surface area contributed by atoms with Gasteiger partial charge in [0, 0.05) is 34.6 Å². The number of halogens is 3. The second kappa shape index (κ2) is 10.6. The summed E-state index contributed by atoms with van der Waals surface area (Å²) in [7, 11) is -0.642. The zero-order valence-electron chi connectivity index (χ0n) is 23.2. The molecule has 0 bridgehead atoms. The largest absolute Gasteiger partial charge is 0.496 e. The van der Waals surface area contributed by atoms with Crippen LogP contribution in [0, 0.1) is 0 Å². The number of benzene rings is 1. The van der Waals surface area contributed by atoms with Gasteiger partial charge >= 0.3 is 6.18 Å². The number of nitrogens with one attached hydrogen (secondary N) is 1. The first-order chi connectivity index (χ1) is 18.2. The lowest BCUT2D eigenvalue weighted by molar-refractivity contribution is -0.144. The molecular weight excluding hydrogens is 523 g/mol. The molecule has 0 aliphatic heterocycles. The van der Waals surface area contributed by atoms with Crippen LogP contribution in [-0.2, 0) is 17.1 Å². The molecule has 208 valence electrons. The molecule has 7 nitrogen and oxygen atoms in total. The fourth-order valence-electron chi connectivity index (χ4n) is 4.39. The first kappa shape index (κ1) is 28.6. The van der Waals surface area contributed by atoms with E-state index in [4.69, 9.17) is 9.16 Å². The molecule has 0 fully saturated rings. The number of aromatic nitrogens is 5. The molecular formula is C28H34F3N5O2Si. The number of alkyl halides is 3. The van der Waals surface area contributed by atoms with Crippen molar-refractivity contribution in [3.63, 3.8) is 0 Å². The van der Waals surface area contributed by atoms with Crippen molar-refractivity contribution in [3.8, 4) is 39.4 Å². The third-order valence-electron chi connectivity index (χ3n) is 7.22. The van der Waals surface area contributed by atoms with Crippen molar-refractivity contribution >= 4 is 8.32 Å². The molecule has 1 atom stereocenters. The number of aromatic amines is 1. The Morgan fingerprint density at radius 3 is 2.38 bits per heavy atom. The minimum absolute atomic E-state index is 0.0374. The highest BCUT2D eigenvalue weighted by molar-refractivity contribution is 6.74. The van der Waals surface area contributed by atoms with E-state index < -0.39 is 26.3 Å². The van der Waals surface area contributed by atoms with Gasteiger partial charge in [0.05, 0.1) is 37.3 Å². The summed E-state index contributed by atoms with van der Waals surface area (Å²) < 4.78 is 56.8. The van der Waals surface area contributed by atoms with Crippen molar-refractivity contribution < 1.29 is 22.3 Å². The van der Waals surface area contributed by atoms with E-state index in [1.54, 1.807) is 38.6 Å². The monoisotopic (exact) mass is 557 g/mol. The predicted molar refractivity (Wildman–Crippen MR) is 148 cm³/mol. The average molecular weight is 558 g/mol. The highest BCUT2D eigenvalue weighted by Gasteiger charge is 2.42. The molecule has 0 unspecified atom stereocenters. The summed E-state index contributed by atoms with van der Waals surface area (Å²) in [6, 6.07) is 8.99. The van der Waals surface area contributed by atoms with E-state index in [1.807, 2.05) is 18.2 Å². The van der Waals surface area contributed by atoms with E-state index in [0.717, 1.165) is 4.68 Å². The number of para-hydroxylation sites is 1. The number of H-pyrrole nitrogens is 1. The zero-order valence-corrected chi connectivity index (χ0v) is 24.2. The molecule has 0 saturated heterocycles. The van der Waals surface area contributed by atoms with Crippen molar-refractivity contribution in [1.29, 1.82) is 0 Å². The van der Waals surface area contributed by atoms with Crippen molar-refractivity contribution in [1.82, 2.24) is 24.7 Å². The van der Waals surface area contributed by atoms with Crippen LogP contribution in [0.2, 0.25) is 18.1 Å². The SMILES string of the molecule is COc1ccccc1-c1c[nH]c(-c2cnn(C[C@@H](C)O[Si](C)(C)C(C)(C)C)c2C(F)(F)F)c1-c1ccncn1. The van der Waals surface area contributed by atoms with Crippen LogP contribution < -0.4 is 4.74 Å². The number of rotatable bonds is 8. The summed E-state index contributed by atoms with van der Waals surface area (Å²) in [5.41, 5.74) is 1.67. The summed E-state index contributed by atoms with van der Waals surface area (Å²) in [5.74, 6) is 0.585. The van der Waals surface area contributed by atoms with Gasteiger partial charge in [-0.15, -0.1) is 0 Å². The molecule has 1 aromatic carbocycles. The summed E-state index contributed by atoms with van der Waals surface area (Å²) in [6.07, 6.45) is 0.719. The van der Waals surface area contributed by atoms with Gasteiger partial charge in [-0.25, -0.2) is 9.97 Å². The van der Waals surface area contributed by atoms with Crippen molar-refractivity contribution in [2.75, 3.05) is 7.11 Å². The fourth-order valence-corrected chi connectivity index (χ4v) is 5.82. The molecule has 4 rings (SSSR count). The van der Waals surface area contributed by atoms with E-state index in [0.29, 0.717) is 28.1 Å². The van der Waals surface area contributed by atoms with Crippen LogP contribution in [0.5, 0.6) is 5.75 Å². The number of nitrogens with zero attached hydrogens (tertiary/aromatic N) is 4. The molecule has 0 radical (unpaired) electrons. The molecule has 0 aliphatic rings. The first-order valence-corrected chi connectivity index (χ1v) is 15.6. The number of methoxy groups -OCH3 is 1. The molecule has 0 saturated carbocycles. The summed E-state index contributed by atoms with van der Waals surface area (Å²) in [4.78, 5) is 11.4. The lowest BCUT2D eigenvalue weighted by atomic mass is 9.97. The van der Waals surface area contributed by atoms with Crippen LogP contribution in [0.15, 0.2) is 55.2 Å². The highest BCUT2D eigenvalue weighted by Crippen LogP contribution is 2.45. The van der Waals surface area contributed by atoms with Gasteiger partial charge in [0.25, 0.3) is 0 Å². The molecule has 4 aromatic rings. The topological polar surface area (TPSA) is 77.8 Å². The van der Waals surface area contributed by atoms with E-state index in [-0.39, 0.29) is 22.8 Å².